The number of sulfonamides is 1. The topological polar surface area (TPSA) is 90.3 Å². The van der Waals surface area contributed by atoms with Gasteiger partial charge in [-0.25, -0.2) is 13.1 Å². The number of fused-ring (bicyclic) bond motifs is 1. The van der Waals surface area contributed by atoms with Crippen LogP contribution in [0.15, 0.2) is 29.3 Å². The molecular formula is C23H28F3N3O4SSi. The molecule has 0 saturated heterocycles. The van der Waals surface area contributed by atoms with E-state index in [-0.39, 0.29) is 12.2 Å². The molecule has 0 radical (unpaired) electrons. The zero-order chi connectivity index (χ0) is 26.0. The molecule has 1 N–H and O–H groups in total. The monoisotopic (exact) mass is 527 g/mol. The molecule has 7 nitrogen and oxygen atoms in total. The van der Waals surface area contributed by atoms with E-state index in [4.69, 9.17) is 4.74 Å². The summed E-state index contributed by atoms with van der Waals surface area (Å²) in [6.45, 7) is 7.59. The van der Waals surface area contributed by atoms with Crippen LogP contribution in [0.5, 0.6) is 0 Å². The van der Waals surface area contributed by atoms with E-state index in [1.807, 2.05) is 19.6 Å². The molecule has 1 unspecified atom stereocenters. The summed E-state index contributed by atoms with van der Waals surface area (Å²) in [5, 5.41) is 4.28. The van der Waals surface area contributed by atoms with E-state index in [9.17, 15) is 26.4 Å². The van der Waals surface area contributed by atoms with Crippen molar-refractivity contribution >= 4 is 24.1 Å². The van der Waals surface area contributed by atoms with Crippen LogP contribution >= 0.6 is 0 Å². The Balaban J connectivity index is 1.91. The lowest BCUT2D eigenvalue weighted by Crippen LogP contribution is -2.31. The number of nitrogens with one attached hydrogen (secondary N) is 1. The van der Waals surface area contributed by atoms with Crippen LogP contribution in [0, 0.1) is 11.5 Å². The normalized spacial score (nSPS) is 16.3. The molecule has 1 aliphatic carbocycles. The van der Waals surface area contributed by atoms with Gasteiger partial charge in [-0.2, -0.15) is 18.3 Å². The number of ether oxygens (including phenoxy) is 1. The fourth-order valence-electron chi connectivity index (χ4n) is 3.71. The maximum absolute atomic E-state index is 13.5. The predicted molar refractivity (Wildman–Crippen MR) is 127 cm³/mol. The Kier molecular flexibility index (Phi) is 7.83. The first-order valence-corrected chi connectivity index (χ1v) is 16.1. The summed E-state index contributed by atoms with van der Waals surface area (Å²) in [5.74, 6) is 2.32. The molecule has 1 heterocycles. The summed E-state index contributed by atoms with van der Waals surface area (Å²) in [4.78, 5) is 10.5. The van der Waals surface area contributed by atoms with Crippen LogP contribution in [0.25, 0.3) is 0 Å². The third-order valence-electron chi connectivity index (χ3n) is 5.29. The van der Waals surface area contributed by atoms with Crippen LogP contribution in [-0.4, -0.2) is 38.8 Å². The zero-order valence-corrected chi connectivity index (χ0v) is 21.8. The van der Waals surface area contributed by atoms with Crippen molar-refractivity contribution in [1.29, 1.82) is 0 Å². The summed E-state index contributed by atoms with van der Waals surface area (Å²) in [6, 6.07) is 2.04. The number of hydrogen-bond acceptors (Lipinski definition) is 5. The predicted octanol–water partition coefficient (Wildman–Crippen LogP) is 4.05. The van der Waals surface area contributed by atoms with Crippen LogP contribution in [-0.2, 0) is 38.7 Å². The Morgan fingerprint density at radius 3 is 2.63 bits per heavy atom. The zero-order valence-electron chi connectivity index (χ0n) is 20.0. The smallest absolute Gasteiger partial charge is 0.416 e. The third kappa shape index (κ3) is 7.19. The number of hydrogen-bond donors (Lipinski definition) is 1. The summed E-state index contributed by atoms with van der Waals surface area (Å²) < 4.78 is 76.1. The minimum atomic E-state index is -4.72. The van der Waals surface area contributed by atoms with Gasteiger partial charge in [0, 0.05) is 23.7 Å². The van der Waals surface area contributed by atoms with E-state index in [0.29, 0.717) is 37.4 Å². The van der Waals surface area contributed by atoms with Gasteiger partial charge >= 0.3 is 12.1 Å². The lowest BCUT2D eigenvalue weighted by atomic mass is 9.94. The van der Waals surface area contributed by atoms with E-state index < -0.39 is 46.7 Å². The van der Waals surface area contributed by atoms with Gasteiger partial charge in [0.2, 0.25) is 10.0 Å². The number of aromatic nitrogens is 2. The lowest BCUT2D eigenvalue weighted by molar-refractivity contribution is -0.141. The molecule has 0 fully saturated rings. The van der Waals surface area contributed by atoms with Gasteiger partial charge in [-0.3, -0.25) is 9.48 Å². The van der Waals surface area contributed by atoms with Gasteiger partial charge in [-0.05, 0) is 37.5 Å². The quantitative estimate of drug-likeness (QED) is 0.348. The molecule has 2 aromatic rings. The summed E-state index contributed by atoms with van der Waals surface area (Å²) in [6.07, 6.45) is -1.37. The van der Waals surface area contributed by atoms with E-state index in [1.165, 1.54) is 13.0 Å². The molecule has 3 rings (SSSR count). The fourth-order valence-corrected chi connectivity index (χ4v) is 5.55. The summed E-state index contributed by atoms with van der Waals surface area (Å²) in [5.41, 5.74) is 3.39. The molecule has 35 heavy (non-hydrogen) atoms. The van der Waals surface area contributed by atoms with Crippen molar-refractivity contribution in [3.63, 3.8) is 0 Å². The minimum absolute atomic E-state index is 0.00486. The van der Waals surface area contributed by atoms with Crippen molar-refractivity contribution in [3.05, 3.63) is 46.8 Å². The van der Waals surface area contributed by atoms with E-state index in [0.717, 1.165) is 11.8 Å². The van der Waals surface area contributed by atoms with Gasteiger partial charge in [0.1, 0.15) is 14.7 Å². The minimum Gasteiger partial charge on any atom is -0.464 e. The Bertz CT molecular complexity index is 1270. The molecule has 0 bridgehead atoms. The van der Waals surface area contributed by atoms with Crippen LogP contribution < -0.4 is 4.72 Å². The number of carbonyl (C=O) groups is 1. The number of esters is 1. The fraction of sp³-hybridized carbons (Fsp3) is 0.478. The molecule has 0 saturated carbocycles. The molecule has 0 aliphatic heterocycles. The molecule has 1 aromatic heterocycles. The van der Waals surface area contributed by atoms with Crippen LogP contribution in [0.1, 0.15) is 48.2 Å². The van der Waals surface area contributed by atoms with Crippen molar-refractivity contribution < 1.29 is 31.1 Å². The molecule has 0 spiro atoms. The van der Waals surface area contributed by atoms with Crippen molar-refractivity contribution in [2.45, 2.75) is 69.5 Å². The second-order valence-electron chi connectivity index (χ2n) is 9.42. The molecule has 12 heteroatoms. The first-order chi connectivity index (χ1) is 16.2. The summed E-state index contributed by atoms with van der Waals surface area (Å²) in [7, 11) is -6.19. The van der Waals surface area contributed by atoms with Crippen molar-refractivity contribution in [2.24, 2.45) is 0 Å². The molecule has 0 amide bonds. The Morgan fingerprint density at radius 2 is 2.00 bits per heavy atom. The average Bonchev–Trinajstić information content (AvgIpc) is 3.15. The number of carbonyl (C=O) groups excluding carboxylic acids is 1. The number of halogens is 3. The molecular weight excluding hydrogens is 499 g/mol. The average molecular weight is 528 g/mol. The first kappa shape index (κ1) is 27.0. The SMILES string of the molecule is CC(=O)OCCn1ncc2c1CCCC2NS(=O)(=O)c1cc(C#C[Si](C)(C)C)cc(C(F)(F)F)c1. The standard InChI is InChI=1S/C23H28F3N3O4SSi/c1-16(30)33-10-9-29-22-7-5-6-21(20(22)15-27-29)28-34(31,32)19-13-17(8-11-35(2,3)4)12-18(14-19)23(24,25)26/h12-15,21,28H,5-7,9-10H2,1-4H3. The second-order valence-corrected chi connectivity index (χ2v) is 15.9. The van der Waals surface area contributed by atoms with Crippen molar-refractivity contribution in [3.8, 4) is 11.5 Å². The number of benzene rings is 1. The number of alkyl halides is 3. The Hall–Kier alpha value is -2.62. The highest BCUT2D eigenvalue weighted by Crippen LogP contribution is 2.34. The number of rotatable bonds is 6. The number of nitrogens with zero attached hydrogens (tertiary/aromatic N) is 2. The lowest BCUT2D eigenvalue weighted by Gasteiger charge is -2.24. The van der Waals surface area contributed by atoms with Gasteiger partial charge < -0.3 is 4.74 Å². The Labute approximate surface area is 204 Å². The maximum atomic E-state index is 13.5. The van der Waals surface area contributed by atoms with Crippen LogP contribution in [0.4, 0.5) is 13.2 Å². The highest BCUT2D eigenvalue weighted by molar-refractivity contribution is 7.89. The largest absolute Gasteiger partial charge is 0.464 e. The molecule has 1 atom stereocenters. The van der Waals surface area contributed by atoms with Gasteiger partial charge in [-0.1, -0.05) is 25.6 Å². The Morgan fingerprint density at radius 1 is 1.29 bits per heavy atom. The van der Waals surface area contributed by atoms with E-state index >= 15 is 0 Å². The van der Waals surface area contributed by atoms with Gasteiger partial charge in [0.05, 0.1) is 29.2 Å². The van der Waals surface area contributed by atoms with Gasteiger partial charge in [-0.15, -0.1) is 5.54 Å². The van der Waals surface area contributed by atoms with Gasteiger partial charge in [0.15, 0.2) is 0 Å². The highest BCUT2D eigenvalue weighted by atomic mass is 32.2. The van der Waals surface area contributed by atoms with Crippen molar-refractivity contribution in [2.75, 3.05) is 6.61 Å². The highest BCUT2D eigenvalue weighted by Gasteiger charge is 2.34. The maximum Gasteiger partial charge on any atom is 0.416 e. The second kappa shape index (κ2) is 10.2. The third-order valence-corrected chi connectivity index (χ3v) is 7.62. The van der Waals surface area contributed by atoms with E-state index in [2.05, 4.69) is 21.3 Å². The first-order valence-electron chi connectivity index (χ1n) is 11.1. The molecule has 190 valence electrons. The van der Waals surface area contributed by atoms with Crippen LogP contribution in [0.2, 0.25) is 19.6 Å². The molecule has 1 aliphatic rings. The van der Waals surface area contributed by atoms with Gasteiger partial charge in [0.25, 0.3) is 0 Å². The molecule has 1 aromatic carbocycles. The van der Waals surface area contributed by atoms with E-state index in [1.54, 1.807) is 10.9 Å². The van der Waals surface area contributed by atoms with Crippen molar-refractivity contribution in [1.82, 2.24) is 14.5 Å². The summed E-state index contributed by atoms with van der Waals surface area (Å²) >= 11 is 0. The van der Waals surface area contributed by atoms with Crippen LogP contribution in [0.3, 0.4) is 0 Å².